The Labute approximate surface area is 247 Å². The monoisotopic (exact) mass is 580 g/mol. The number of thiazole rings is 1. The number of aromatic nitrogens is 1. The van der Waals surface area contributed by atoms with Gasteiger partial charge >= 0.3 is 11.9 Å². The zero-order valence-electron chi connectivity index (χ0n) is 23.1. The van der Waals surface area contributed by atoms with E-state index in [1.807, 2.05) is 43.3 Å². The summed E-state index contributed by atoms with van der Waals surface area (Å²) in [5, 5.41) is 11.7. The van der Waals surface area contributed by atoms with E-state index in [1.54, 1.807) is 49.4 Å². The molecule has 1 atom stereocenters. The normalized spacial score (nSPS) is 16.0. The summed E-state index contributed by atoms with van der Waals surface area (Å²) in [6.45, 7) is 7.42. The van der Waals surface area contributed by atoms with Crippen LogP contribution in [0.25, 0.3) is 5.76 Å². The standard InChI is InChI=1S/C33H28N2O6S/c1-4-17-40-32(39)30-21(3)34-33(42-30)35-27(23-13-9-6-10-14-23)26(29(37)31(35)38)28(36)24-15-16-25(20(2)18-24)41-19-22-11-7-5-8-12-22/h4-16,18,27,36H,1,17,19H2,2-3H3/b28-26-. The molecule has 2 heterocycles. The van der Waals surface area contributed by atoms with Crippen LogP contribution in [0.5, 0.6) is 5.75 Å². The van der Waals surface area contributed by atoms with Gasteiger partial charge in [0.15, 0.2) is 5.13 Å². The third kappa shape index (κ3) is 5.59. The van der Waals surface area contributed by atoms with Gasteiger partial charge in [-0.15, -0.1) is 0 Å². The van der Waals surface area contributed by atoms with Crippen LogP contribution >= 0.6 is 11.3 Å². The molecule has 4 aromatic rings. The van der Waals surface area contributed by atoms with Crippen molar-refractivity contribution in [2.45, 2.75) is 26.5 Å². The Morgan fingerprint density at radius 1 is 1.05 bits per heavy atom. The summed E-state index contributed by atoms with van der Waals surface area (Å²) in [7, 11) is 0. The lowest BCUT2D eigenvalue weighted by Gasteiger charge is -2.23. The van der Waals surface area contributed by atoms with Gasteiger partial charge in [0.05, 0.1) is 17.3 Å². The minimum Gasteiger partial charge on any atom is -0.507 e. The van der Waals surface area contributed by atoms with Crippen molar-refractivity contribution in [3.05, 3.63) is 130 Å². The van der Waals surface area contributed by atoms with Gasteiger partial charge in [0.1, 0.15) is 29.6 Å². The number of anilines is 1. The summed E-state index contributed by atoms with van der Waals surface area (Å²) in [4.78, 5) is 45.4. The molecular weight excluding hydrogens is 552 g/mol. The van der Waals surface area contributed by atoms with Crippen LogP contribution in [-0.2, 0) is 20.9 Å². The fraction of sp³-hybridized carbons (Fsp3) is 0.152. The van der Waals surface area contributed by atoms with Crippen molar-refractivity contribution in [2.24, 2.45) is 0 Å². The number of ketones is 1. The van der Waals surface area contributed by atoms with Crippen molar-refractivity contribution in [3.63, 3.8) is 0 Å². The molecule has 0 radical (unpaired) electrons. The highest BCUT2D eigenvalue weighted by molar-refractivity contribution is 7.17. The van der Waals surface area contributed by atoms with Gasteiger partial charge in [0, 0.05) is 5.56 Å². The number of nitrogens with zero attached hydrogens (tertiary/aromatic N) is 2. The second kappa shape index (κ2) is 12.2. The number of hydrogen-bond donors (Lipinski definition) is 1. The van der Waals surface area contributed by atoms with E-state index in [2.05, 4.69) is 11.6 Å². The van der Waals surface area contributed by atoms with Crippen LogP contribution in [0, 0.1) is 13.8 Å². The number of benzene rings is 3. The predicted octanol–water partition coefficient (Wildman–Crippen LogP) is 6.31. The maximum atomic E-state index is 13.5. The molecule has 1 N–H and O–H groups in total. The number of Topliss-reactive ketones (excluding diaryl/α,β-unsaturated/α-hetero) is 1. The smallest absolute Gasteiger partial charge is 0.350 e. The minimum atomic E-state index is -0.969. The maximum Gasteiger partial charge on any atom is 0.350 e. The molecule has 42 heavy (non-hydrogen) atoms. The Kier molecular flexibility index (Phi) is 8.31. The van der Waals surface area contributed by atoms with E-state index in [0.717, 1.165) is 22.5 Å². The van der Waals surface area contributed by atoms with Gasteiger partial charge in [-0.25, -0.2) is 9.78 Å². The van der Waals surface area contributed by atoms with Gasteiger partial charge in [0.25, 0.3) is 5.78 Å². The van der Waals surface area contributed by atoms with Gasteiger partial charge in [-0.3, -0.25) is 14.5 Å². The van der Waals surface area contributed by atoms with Gasteiger partial charge in [-0.2, -0.15) is 0 Å². The minimum absolute atomic E-state index is 0.0234. The number of ether oxygens (including phenoxy) is 2. The van der Waals surface area contributed by atoms with Gasteiger partial charge in [-0.1, -0.05) is 84.7 Å². The number of aryl methyl sites for hydroxylation is 2. The molecule has 1 fully saturated rings. The molecular formula is C33H28N2O6S. The van der Waals surface area contributed by atoms with E-state index < -0.39 is 23.7 Å². The van der Waals surface area contributed by atoms with Crippen LogP contribution in [0.1, 0.15) is 43.7 Å². The van der Waals surface area contributed by atoms with Crippen LogP contribution in [0.3, 0.4) is 0 Å². The molecule has 1 aliphatic heterocycles. The molecule has 3 aromatic carbocycles. The third-order valence-electron chi connectivity index (χ3n) is 6.75. The van der Waals surface area contributed by atoms with Gasteiger partial charge < -0.3 is 14.6 Å². The molecule has 1 amide bonds. The number of aliphatic hydroxyl groups excluding tert-OH is 1. The average molecular weight is 581 g/mol. The maximum absolute atomic E-state index is 13.5. The zero-order chi connectivity index (χ0) is 29.8. The first-order valence-corrected chi connectivity index (χ1v) is 14.0. The Bertz CT molecular complexity index is 1690. The second-order valence-electron chi connectivity index (χ2n) is 9.63. The second-order valence-corrected chi connectivity index (χ2v) is 10.6. The lowest BCUT2D eigenvalue weighted by molar-refractivity contribution is -0.132. The Balaban J connectivity index is 1.53. The van der Waals surface area contributed by atoms with Crippen LogP contribution in [0.4, 0.5) is 5.13 Å². The van der Waals surface area contributed by atoms with E-state index in [0.29, 0.717) is 29.2 Å². The average Bonchev–Trinajstić information content (AvgIpc) is 3.52. The number of amides is 1. The molecule has 1 saturated heterocycles. The van der Waals surface area contributed by atoms with Crippen LogP contribution < -0.4 is 9.64 Å². The van der Waals surface area contributed by atoms with E-state index in [1.165, 1.54) is 11.0 Å². The quantitative estimate of drug-likeness (QED) is 0.0813. The molecule has 1 unspecified atom stereocenters. The van der Waals surface area contributed by atoms with E-state index in [4.69, 9.17) is 9.47 Å². The largest absolute Gasteiger partial charge is 0.507 e. The molecule has 1 aliphatic rings. The van der Waals surface area contributed by atoms with Crippen LogP contribution in [0.2, 0.25) is 0 Å². The Hall–Kier alpha value is -5.02. The molecule has 8 nitrogen and oxygen atoms in total. The van der Waals surface area contributed by atoms with Gasteiger partial charge in [-0.05, 0) is 48.7 Å². The van der Waals surface area contributed by atoms with E-state index in [-0.39, 0.29) is 27.9 Å². The number of esters is 1. The summed E-state index contributed by atoms with van der Waals surface area (Å²) in [5.74, 6) is -2.00. The summed E-state index contributed by atoms with van der Waals surface area (Å²) in [5.41, 5.74) is 3.01. The van der Waals surface area contributed by atoms with Gasteiger partial charge in [0.2, 0.25) is 0 Å². The van der Waals surface area contributed by atoms with Crippen LogP contribution in [-0.4, -0.2) is 34.4 Å². The molecule has 5 rings (SSSR count). The lowest BCUT2D eigenvalue weighted by atomic mass is 9.95. The van der Waals surface area contributed by atoms with E-state index >= 15 is 0 Å². The summed E-state index contributed by atoms with van der Waals surface area (Å²) in [6, 6.07) is 22.8. The molecule has 9 heteroatoms. The fourth-order valence-corrected chi connectivity index (χ4v) is 5.69. The zero-order valence-corrected chi connectivity index (χ0v) is 23.9. The molecule has 0 bridgehead atoms. The number of carbonyl (C=O) groups is 3. The predicted molar refractivity (Wildman–Crippen MR) is 161 cm³/mol. The fourth-order valence-electron chi connectivity index (χ4n) is 4.70. The van der Waals surface area contributed by atoms with Crippen molar-refractivity contribution in [2.75, 3.05) is 11.5 Å². The highest BCUT2D eigenvalue weighted by atomic mass is 32.1. The molecule has 0 saturated carbocycles. The molecule has 0 aliphatic carbocycles. The summed E-state index contributed by atoms with van der Waals surface area (Å²) in [6.07, 6.45) is 1.45. The first kappa shape index (κ1) is 28.5. The number of rotatable bonds is 9. The molecule has 212 valence electrons. The number of hydrogen-bond acceptors (Lipinski definition) is 8. The van der Waals surface area contributed by atoms with Crippen molar-refractivity contribution in [1.29, 1.82) is 0 Å². The SMILES string of the molecule is C=CCOC(=O)c1sc(N2C(=O)C(=O)/C(=C(\O)c3ccc(OCc4ccccc4)c(C)c3)C2c2ccccc2)nc1C. The van der Waals surface area contributed by atoms with Crippen LogP contribution in [0.15, 0.2) is 97.1 Å². The first-order valence-electron chi connectivity index (χ1n) is 13.2. The van der Waals surface area contributed by atoms with Crippen molar-refractivity contribution in [3.8, 4) is 5.75 Å². The van der Waals surface area contributed by atoms with Crippen molar-refractivity contribution >= 4 is 39.9 Å². The summed E-state index contributed by atoms with van der Waals surface area (Å²) >= 11 is 0.949. The molecule has 1 aromatic heterocycles. The Morgan fingerprint density at radius 2 is 1.74 bits per heavy atom. The Morgan fingerprint density at radius 3 is 2.40 bits per heavy atom. The van der Waals surface area contributed by atoms with Crippen molar-refractivity contribution in [1.82, 2.24) is 4.98 Å². The number of carbonyl (C=O) groups excluding carboxylic acids is 3. The highest BCUT2D eigenvalue weighted by Gasteiger charge is 2.48. The first-order chi connectivity index (χ1) is 20.3. The third-order valence-corrected chi connectivity index (χ3v) is 7.89. The highest BCUT2D eigenvalue weighted by Crippen LogP contribution is 2.44. The summed E-state index contributed by atoms with van der Waals surface area (Å²) < 4.78 is 11.1. The topological polar surface area (TPSA) is 106 Å². The van der Waals surface area contributed by atoms with Crippen molar-refractivity contribution < 1.29 is 29.0 Å². The lowest BCUT2D eigenvalue weighted by Crippen LogP contribution is -2.29. The molecule has 0 spiro atoms. The van der Waals surface area contributed by atoms with E-state index in [9.17, 15) is 19.5 Å². The number of aliphatic hydroxyl groups is 1.